The monoisotopic (exact) mass is 350 g/mol. The summed E-state index contributed by atoms with van der Waals surface area (Å²) in [5.74, 6) is -1.72. The minimum Gasteiger partial charge on any atom is -0.481 e. The summed E-state index contributed by atoms with van der Waals surface area (Å²) in [6, 6.07) is 0. The highest BCUT2D eigenvalue weighted by Gasteiger charge is 2.33. The van der Waals surface area contributed by atoms with Gasteiger partial charge in [0.25, 0.3) is 0 Å². The molecule has 0 saturated heterocycles. The molecule has 25 heavy (non-hydrogen) atoms. The second-order valence-corrected chi connectivity index (χ2v) is 6.52. The van der Waals surface area contributed by atoms with Gasteiger partial charge in [-0.15, -0.1) is 0 Å². The van der Waals surface area contributed by atoms with E-state index >= 15 is 0 Å². The molecule has 3 N–H and O–H groups in total. The molecule has 140 valence electrons. The molecule has 5 nitrogen and oxygen atoms in total. The molecule has 0 bridgehead atoms. The average Bonchev–Trinajstić information content (AvgIpc) is 2.93. The van der Waals surface area contributed by atoms with Crippen LogP contribution < -0.4 is 0 Å². The van der Waals surface area contributed by atoms with Crippen LogP contribution in [-0.4, -0.2) is 39.3 Å². The van der Waals surface area contributed by atoms with E-state index < -0.39 is 24.1 Å². The van der Waals surface area contributed by atoms with E-state index in [1.54, 1.807) is 30.4 Å². The molecule has 0 aromatic rings. The van der Waals surface area contributed by atoms with Crippen LogP contribution in [-0.2, 0) is 9.59 Å². The highest BCUT2D eigenvalue weighted by molar-refractivity contribution is 5.95. The summed E-state index contributed by atoms with van der Waals surface area (Å²) in [5, 5.41) is 28.8. The first-order chi connectivity index (χ1) is 12.0. The predicted molar refractivity (Wildman–Crippen MR) is 97.0 cm³/mol. The van der Waals surface area contributed by atoms with Crippen molar-refractivity contribution in [2.24, 2.45) is 11.8 Å². The molecule has 1 aliphatic carbocycles. The number of ketones is 1. The zero-order chi connectivity index (χ0) is 18.7. The normalized spacial score (nSPS) is 22.9. The summed E-state index contributed by atoms with van der Waals surface area (Å²) in [6.07, 6.45) is 13.5. The van der Waals surface area contributed by atoms with Crippen molar-refractivity contribution in [3.63, 3.8) is 0 Å². The van der Waals surface area contributed by atoms with E-state index in [1.165, 1.54) is 6.08 Å². The zero-order valence-electron chi connectivity index (χ0n) is 14.9. The summed E-state index contributed by atoms with van der Waals surface area (Å²) in [6.45, 7) is 2.11. The fraction of sp³-hybridized carbons (Fsp3) is 0.600. The Balaban J connectivity index is 2.49. The van der Waals surface area contributed by atoms with Gasteiger partial charge in [-0.05, 0) is 25.3 Å². The molecule has 1 rings (SSSR count). The number of aliphatic hydroxyl groups is 2. The minimum atomic E-state index is -0.858. The molecule has 0 fully saturated rings. The number of unbranched alkanes of at least 4 members (excludes halogenated alkanes) is 2. The molecular formula is C20H30O5. The number of rotatable bonds is 12. The van der Waals surface area contributed by atoms with E-state index in [1.807, 2.05) is 0 Å². The number of allylic oxidation sites excluding steroid dienone is 4. The lowest BCUT2D eigenvalue weighted by molar-refractivity contribution is -0.136. The first-order valence-corrected chi connectivity index (χ1v) is 9.09. The standard InChI is InChI=1S/C20H30O5/c1-2-3-5-8-16(21)13-11-15-12-14-18(23)20(15)17(22)9-6-4-7-10-19(24)25/h4,6,11-17,20-22H,2-3,5,7-10H2,1H3,(H,24,25)/b6-4+,13-11+. The maximum Gasteiger partial charge on any atom is 0.303 e. The fourth-order valence-electron chi connectivity index (χ4n) is 2.92. The molecule has 0 aromatic carbocycles. The van der Waals surface area contributed by atoms with Crippen molar-refractivity contribution in [2.45, 2.75) is 64.1 Å². The number of aliphatic carboxylic acids is 1. The van der Waals surface area contributed by atoms with E-state index in [-0.39, 0.29) is 18.1 Å². The summed E-state index contributed by atoms with van der Waals surface area (Å²) in [5.41, 5.74) is 0. The SMILES string of the molecule is CCCCCC(O)/C=C/C1C=CC(=O)C1C(O)C/C=C/CCC(=O)O. The Morgan fingerprint density at radius 1 is 1.28 bits per heavy atom. The second-order valence-electron chi connectivity index (χ2n) is 6.52. The number of hydrogen-bond donors (Lipinski definition) is 3. The van der Waals surface area contributed by atoms with Gasteiger partial charge in [0, 0.05) is 12.3 Å². The van der Waals surface area contributed by atoms with Crippen LogP contribution in [0.15, 0.2) is 36.5 Å². The van der Waals surface area contributed by atoms with E-state index in [9.17, 15) is 19.8 Å². The van der Waals surface area contributed by atoms with Gasteiger partial charge in [0.15, 0.2) is 5.78 Å². The third-order valence-electron chi connectivity index (χ3n) is 4.37. The number of aliphatic hydroxyl groups excluding tert-OH is 2. The van der Waals surface area contributed by atoms with Crippen molar-refractivity contribution >= 4 is 11.8 Å². The number of carboxylic acid groups (broad SMARTS) is 1. The molecule has 4 unspecified atom stereocenters. The first kappa shape index (κ1) is 21.3. The molecule has 0 heterocycles. The molecule has 4 atom stereocenters. The zero-order valence-corrected chi connectivity index (χ0v) is 14.9. The first-order valence-electron chi connectivity index (χ1n) is 9.09. The lowest BCUT2D eigenvalue weighted by atomic mass is 9.87. The van der Waals surface area contributed by atoms with Crippen LogP contribution in [0, 0.1) is 11.8 Å². The average molecular weight is 350 g/mol. The van der Waals surface area contributed by atoms with Gasteiger partial charge in [0.2, 0.25) is 0 Å². The number of carbonyl (C=O) groups excluding carboxylic acids is 1. The van der Waals surface area contributed by atoms with Crippen LogP contribution in [0.4, 0.5) is 0 Å². The second kappa shape index (κ2) is 11.8. The highest BCUT2D eigenvalue weighted by Crippen LogP contribution is 2.28. The number of hydrogen-bond acceptors (Lipinski definition) is 4. The quantitative estimate of drug-likeness (QED) is 0.371. The maximum absolute atomic E-state index is 12.0. The van der Waals surface area contributed by atoms with Crippen molar-refractivity contribution in [3.05, 3.63) is 36.5 Å². The van der Waals surface area contributed by atoms with E-state index in [4.69, 9.17) is 5.11 Å². The molecule has 5 heteroatoms. The Hall–Kier alpha value is -1.72. The van der Waals surface area contributed by atoms with Crippen molar-refractivity contribution in [1.29, 1.82) is 0 Å². The lowest BCUT2D eigenvalue weighted by Gasteiger charge is -2.20. The van der Waals surface area contributed by atoms with Crippen molar-refractivity contribution in [1.82, 2.24) is 0 Å². The molecule has 0 aliphatic heterocycles. The van der Waals surface area contributed by atoms with Crippen LogP contribution in [0.3, 0.4) is 0 Å². The van der Waals surface area contributed by atoms with Gasteiger partial charge < -0.3 is 15.3 Å². The maximum atomic E-state index is 12.0. The van der Waals surface area contributed by atoms with Gasteiger partial charge in [-0.3, -0.25) is 9.59 Å². The molecule has 1 aliphatic rings. The fourth-order valence-corrected chi connectivity index (χ4v) is 2.92. The molecule has 0 aromatic heterocycles. The van der Waals surface area contributed by atoms with Crippen LogP contribution >= 0.6 is 0 Å². The van der Waals surface area contributed by atoms with Gasteiger partial charge in [-0.2, -0.15) is 0 Å². The van der Waals surface area contributed by atoms with E-state index in [0.29, 0.717) is 19.3 Å². The van der Waals surface area contributed by atoms with E-state index in [2.05, 4.69) is 6.92 Å². The van der Waals surface area contributed by atoms with Gasteiger partial charge >= 0.3 is 5.97 Å². The van der Waals surface area contributed by atoms with Gasteiger partial charge in [0.1, 0.15) is 0 Å². The lowest BCUT2D eigenvalue weighted by Crippen LogP contribution is -2.29. The van der Waals surface area contributed by atoms with Crippen LogP contribution in [0.25, 0.3) is 0 Å². The molecular weight excluding hydrogens is 320 g/mol. The molecule has 0 spiro atoms. The van der Waals surface area contributed by atoms with E-state index in [0.717, 1.165) is 19.3 Å². The number of carbonyl (C=O) groups is 2. The van der Waals surface area contributed by atoms with Gasteiger partial charge in [0.05, 0.1) is 18.1 Å². The Kier molecular flexibility index (Phi) is 10.0. The summed E-state index contributed by atoms with van der Waals surface area (Å²) < 4.78 is 0. The molecule has 0 saturated carbocycles. The van der Waals surface area contributed by atoms with Crippen LogP contribution in [0.2, 0.25) is 0 Å². The van der Waals surface area contributed by atoms with Gasteiger partial charge in [-0.25, -0.2) is 0 Å². The topological polar surface area (TPSA) is 94.8 Å². The largest absolute Gasteiger partial charge is 0.481 e. The molecule has 0 radical (unpaired) electrons. The smallest absolute Gasteiger partial charge is 0.303 e. The summed E-state index contributed by atoms with van der Waals surface area (Å²) in [7, 11) is 0. The molecule has 0 amide bonds. The van der Waals surface area contributed by atoms with Gasteiger partial charge in [-0.1, -0.05) is 56.6 Å². The summed E-state index contributed by atoms with van der Waals surface area (Å²) >= 11 is 0. The van der Waals surface area contributed by atoms with Crippen LogP contribution in [0.1, 0.15) is 51.9 Å². The number of carboxylic acids is 1. The third-order valence-corrected chi connectivity index (χ3v) is 4.37. The Morgan fingerprint density at radius 3 is 2.72 bits per heavy atom. The van der Waals surface area contributed by atoms with Crippen LogP contribution in [0.5, 0.6) is 0 Å². The van der Waals surface area contributed by atoms with Crippen molar-refractivity contribution in [2.75, 3.05) is 0 Å². The van der Waals surface area contributed by atoms with Crippen molar-refractivity contribution < 1.29 is 24.9 Å². The Morgan fingerprint density at radius 2 is 2.04 bits per heavy atom. The Bertz CT molecular complexity index is 506. The third kappa shape index (κ3) is 8.27. The summed E-state index contributed by atoms with van der Waals surface area (Å²) in [4.78, 5) is 22.5. The Labute approximate surface area is 149 Å². The van der Waals surface area contributed by atoms with Crippen molar-refractivity contribution in [3.8, 4) is 0 Å². The predicted octanol–water partition coefficient (Wildman–Crippen LogP) is 3.03. The minimum absolute atomic E-state index is 0.0534. The highest BCUT2D eigenvalue weighted by atomic mass is 16.4.